The van der Waals surface area contributed by atoms with Crippen LogP contribution in [-0.2, 0) is 17.8 Å². The predicted octanol–water partition coefficient (Wildman–Crippen LogP) is 6.70. The summed E-state index contributed by atoms with van der Waals surface area (Å²) < 4.78 is 2.07. The zero-order valence-corrected chi connectivity index (χ0v) is 20.4. The predicted molar refractivity (Wildman–Crippen MR) is 143 cm³/mol. The number of aromatic nitrogens is 2. The molecule has 0 aliphatic rings. The van der Waals surface area contributed by atoms with Gasteiger partial charge in [-0.3, -0.25) is 4.79 Å². The van der Waals surface area contributed by atoms with E-state index in [9.17, 15) is 4.79 Å². The maximum absolute atomic E-state index is 13.9. The van der Waals surface area contributed by atoms with Crippen molar-refractivity contribution in [1.82, 2.24) is 9.38 Å². The maximum atomic E-state index is 13.9. The van der Waals surface area contributed by atoms with Crippen LogP contribution in [0.4, 0.5) is 5.69 Å². The van der Waals surface area contributed by atoms with Crippen molar-refractivity contribution in [3.8, 4) is 11.3 Å². The van der Waals surface area contributed by atoms with Crippen LogP contribution < -0.4 is 4.90 Å². The number of hydrogen-bond donors (Lipinski definition) is 0. The van der Waals surface area contributed by atoms with E-state index in [1.807, 2.05) is 65.7 Å². The van der Waals surface area contributed by atoms with Crippen LogP contribution in [0.1, 0.15) is 27.9 Å². The van der Waals surface area contributed by atoms with Gasteiger partial charge in [-0.25, -0.2) is 4.98 Å². The van der Waals surface area contributed by atoms with Crippen LogP contribution in [0.3, 0.4) is 0 Å². The van der Waals surface area contributed by atoms with Crippen LogP contribution in [-0.4, -0.2) is 15.3 Å². The smallest absolute Gasteiger partial charge is 0.233 e. The van der Waals surface area contributed by atoms with Gasteiger partial charge in [0, 0.05) is 17.4 Å². The van der Waals surface area contributed by atoms with Crippen LogP contribution >= 0.6 is 0 Å². The number of anilines is 1. The van der Waals surface area contributed by atoms with Crippen LogP contribution in [0.5, 0.6) is 0 Å². The van der Waals surface area contributed by atoms with Crippen molar-refractivity contribution in [2.24, 2.45) is 0 Å². The molecule has 5 aromatic rings. The van der Waals surface area contributed by atoms with Crippen molar-refractivity contribution in [3.05, 3.63) is 125 Å². The Morgan fingerprint density at radius 1 is 0.800 bits per heavy atom. The lowest BCUT2D eigenvalue weighted by Gasteiger charge is -2.23. The molecule has 0 atom stereocenters. The van der Waals surface area contributed by atoms with Gasteiger partial charge in [-0.1, -0.05) is 66.7 Å². The highest BCUT2D eigenvalue weighted by molar-refractivity contribution is 5.95. The van der Waals surface area contributed by atoms with Gasteiger partial charge in [-0.15, -0.1) is 0 Å². The summed E-state index contributed by atoms with van der Waals surface area (Å²) in [5.41, 5.74) is 9.21. The van der Waals surface area contributed by atoms with E-state index in [2.05, 4.69) is 61.6 Å². The number of fused-ring (bicyclic) bond motifs is 1. The highest BCUT2D eigenvalue weighted by atomic mass is 16.2. The largest absolute Gasteiger partial charge is 0.308 e. The first kappa shape index (κ1) is 22.6. The Bertz CT molecular complexity index is 1490. The van der Waals surface area contributed by atoms with Crippen molar-refractivity contribution in [1.29, 1.82) is 0 Å². The Kier molecular flexibility index (Phi) is 6.19. The lowest BCUT2D eigenvalue weighted by atomic mass is 10.0. The lowest BCUT2D eigenvalue weighted by molar-refractivity contribution is -0.118. The highest BCUT2D eigenvalue weighted by Crippen LogP contribution is 2.29. The summed E-state index contributed by atoms with van der Waals surface area (Å²) in [6.07, 6.45) is 2.25. The Hall–Kier alpha value is -4.18. The van der Waals surface area contributed by atoms with Gasteiger partial charge in [0.25, 0.3) is 0 Å². The Morgan fingerprint density at radius 3 is 2.23 bits per heavy atom. The molecular formula is C31H29N3O. The molecule has 0 saturated heterocycles. The van der Waals surface area contributed by atoms with E-state index in [1.54, 1.807) is 0 Å². The van der Waals surface area contributed by atoms with E-state index >= 15 is 0 Å². The molecule has 0 saturated carbocycles. The fourth-order valence-corrected chi connectivity index (χ4v) is 4.48. The molecule has 5 rings (SSSR count). The molecule has 174 valence electrons. The third kappa shape index (κ3) is 4.60. The minimum atomic E-state index is 0.0356. The van der Waals surface area contributed by atoms with Gasteiger partial charge in [-0.05, 0) is 67.3 Å². The summed E-state index contributed by atoms with van der Waals surface area (Å²) in [5.74, 6) is 0.0356. The zero-order valence-electron chi connectivity index (χ0n) is 20.4. The minimum Gasteiger partial charge on any atom is -0.308 e. The molecule has 1 amide bonds. The zero-order chi connectivity index (χ0) is 24.4. The SMILES string of the molecule is Cc1ccc(-c2nc3c(C)cccn3c2CC(=O)N(Cc2ccccc2)c2ccccc2)cc1C. The number of amides is 1. The second-order valence-electron chi connectivity index (χ2n) is 9.07. The Balaban J connectivity index is 1.59. The van der Waals surface area contributed by atoms with E-state index in [-0.39, 0.29) is 12.3 Å². The van der Waals surface area contributed by atoms with Crippen LogP contribution in [0.15, 0.2) is 97.2 Å². The number of imidazole rings is 1. The van der Waals surface area contributed by atoms with Gasteiger partial charge >= 0.3 is 0 Å². The second kappa shape index (κ2) is 9.59. The topological polar surface area (TPSA) is 37.6 Å². The number of pyridine rings is 1. The number of benzene rings is 3. The number of nitrogens with zero attached hydrogens (tertiary/aromatic N) is 3. The fourth-order valence-electron chi connectivity index (χ4n) is 4.48. The molecule has 0 fully saturated rings. The summed E-state index contributed by atoms with van der Waals surface area (Å²) in [4.78, 5) is 20.8. The Labute approximate surface area is 206 Å². The number of para-hydroxylation sites is 1. The van der Waals surface area contributed by atoms with Crippen molar-refractivity contribution in [2.45, 2.75) is 33.7 Å². The molecule has 0 radical (unpaired) electrons. The summed E-state index contributed by atoms with van der Waals surface area (Å²) in [6.45, 7) is 6.79. The van der Waals surface area contributed by atoms with Crippen molar-refractivity contribution < 1.29 is 4.79 Å². The number of aryl methyl sites for hydroxylation is 3. The summed E-state index contributed by atoms with van der Waals surface area (Å²) in [6, 6.07) is 30.5. The van der Waals surface area contributed by atoms with Gasteiger partial charge in [0.15, 0.2) is 0 Å². The van der Waals surface area contributed by atoms with Crippen molar-refractivity contribution in [2.75, 3.05) is 4.90 Å². The standard InChI is InChI=1S/C31H29N3O/c1-22-16-17-26(19-24(22)3)30-28(33-18-10-11-23(2)31(33)32-30)20-29(35)34(27-14-8-5-9-15-27)21-25-12-6-4-7-13-25/h4-19H,20-21H2,1-3H3. The van der Waals surface area contributed by atoms with E-state index in [0.29, 0.717) is 6.54 Å². The van der Waals surface area contributed by atoms with Gasteiger partial charge in [-0.2, -0.15) is 0 Å². The summed E-state index contributed by atoms with van der Waals surface area (Å²) >= 11 is 0. The fraction of sp³-hybridized carbons (Fsp3) is 0.161. The molecule has 0 aliphatic heterocycles. The molecule has 0 spiro atoms. The first-order valence-electron chi connectivity index (χ1n) is 11.9. The van der Waals surface area contributed by atoms with E-state index in [1.165, 1.54) is 11.1 Å². The molecule has 2 aromatic heterocycles. The monoisotopic (exact) mass is 459 g/mol. The third-order valence-corrected chi connectivity index (χ3v) is 6.60. The molecular weight excluding hydrogens is 430 g/mol. The Morgan fingerprint density at radius 2 is 1.51 bits per heavy atom. The van der Waals surface area contributed by atoms with Gasteiger partial charge in [0.1, 0.15) is 5.65 Å². The highest BCUT2D eigenvalue weighted by Gasteiger charge is 2.23. The van der Waals surface area contributed by atoms with Crippen molar-refractivity contribution in [3.63, 3.8) is 0 Å². The number of carbonyl (C=O) groups excluding carboxylic acids is 1. The lowest BCUT2D eigenvalue weighted by Crippen LogP contribution is -2.32. The van der Waals surface area contributed by atoms with E-state index in [0.717, 1.165) is 39.4 Å². The van der Waals surface area contributed by atoms with E-state index < -0.39 is 0 Å². The molecule has 4 nitrogen and oxygen atoms in total. The van der Waals surface area contributed by atoms with Gasteiger partial charge in [0.05, 0.1) is 24.4 Å². The molecule has 0 unspecified atom stereocenters. The molecule has 2 heterocycles. The quantitative estimate of drug-likeness (QED) is 0.283. The van der Waals surface area contributed by atoms with Gasteiger partial charge < -0.3 is 9.30 Å². The first-order chi connectivity index (χ1) is 17.0. The minimum absolute atomic E-state index is 0.0356. The number of carbonyl (C=O) groups is 1. The van der Waals surface area contributed by atoms with E-state index in [4.69, 9.17) is 4.98 Å². The molecule has 0 N–H and O–H groups in total. The van der Waals surface area contributed by atoms with Crippen molar-refractivity contribution >= 4 is 17.2 Å². The number of hydrogen-bond acceptors (Lipinski definition) is 2. The maximum Gasteiger partial charge on any atom is 0.233 e. The molecule has 0 aliphatic carbocycles. The second-order valence-corrected chi connectivity index (χ2v) is 9.07. The summed E-state index contributed by atoms with van der Waals surface area (Å²) in [5, 5.41) is 0. The normalized spacial score (nSPS) is 11.1. The molecule has 35 heavy (non-hydrogen) atoms. The molecule has 0 bridgehead atoms. The molecule has 3 aromatic carbocycles. The average molecular weight is 460 g/mol. The number of rotatable bonds is 6. The molecule has 4 heteroatoms. The van der Waals surface area contributed by atoms with Crippen LogP contribution in [0, 0.1) is 20.8 Å². The summed E-state index contributed by atoms with van der Waals surface area (Å²) in [7, 11) is 0. The van der Waals surface area contributed by atoms with Crippen LogP contribution in [0.2, 0.25) is 0 Å². The average Bonchev–Trinajstić information content (AvgIpc) is 3.25. The first-order valence-corrected chi connectivity index (χ1v) is 11.9. The van der Waals surface area contributed by atoms with Gasteiger partial charge in [0.2, 0.25) is 5.91 Å². The third-order valence-electron chi connectivity index (χ3n) is 6.60. The van der Waals surface area contributed by atoms with Crippen LogP contribution in [0.25, 0.3) is 16.9 Å².